The van der Waals surface area contributed by atoms with Crippen LogP contribution >= 0.6 is 0 Å². The topological polar surface area (TPSA) is 46.2 Å². The second-order valence-electron chi connectivity index (χ2n) is 3.73. The Hall–Kier alpha value is -1.16. The number of hydrogen-bond donors (Lipinski definition) is 2. The lowest BCUT2D eigenvalue weighted by Gasteiger charge is -2.17. The standard InChI is InChI=1S/C11H15F2NO/c1-6-3-8(15)4-7(2)11(6)9(14)5-10(12)13/h3-4,9-10,15H,5,14H2,1-2H3/t9-/m1/s1. The minimum Gasteiger partial charge on any atom is -0.508 e. The minimum atomic E-state index is -2.41. The van der Waals surface area contributed by atoms with Crippen LogP contribution in [0.1, 0.15) is 29.2 Å². The summed E-state index contributed by atoms with van der Waals surface area (Å²) in [6.07, 6.45) is -2.76. The highest BCUT2D eigenvalue weighted by Gasteiger charge is 2.17. The molecule has 0 fully saturated rings. The van der Waals surface area contributed by atoms with Gasteiger partial charge in [-0.3, -0.25) is 0 Å². The van der Waals surface area contributed by atoms with Crippen LogP contribution in [0, 0.1) is 13.8 Å². The van der Waals surface area contributed by atoms with E-state index in [1.165, 1.54) is 12.1 Å². The number of nitrogens with two attached hydrogens (primary N) is 1. The lowest BCUT2D eigenvalue weighted by atomic mass is 9.94. The molecule has 0 saturated carbocycles. The Morgan fingerprint density at radius 1 is 1.27 bits per heavy atom. The van der Waals surface area contributed by atoms with Crippen LogP contribution in [0.4, 0.5) is 8.78 Å². The fourth-order valence-corrected chi connectivity index (χ4v) is 1.85. The van der Waals surface area contributed by atoms with Gasteiger partial charge in [0.25, 0.3) is 0 Å². The minimum absolute atomic E-state index is 0.137. The van der Waals surface area contributed by atoms with Crippen LogP contribution in [0.3, 0.4) is 0 Å². The molecule has 0 saturated heterocycles. The summed E-state index contributed by atoms with van der Waals surface area (Å²) in [5.74, 6) is 0.137. The van der Waals surface area contributed by atoms with Crippen molar-refractivity contribution < 1.29 is 13.9 Å². The van der Waals surface area contributed by atoms with Gasteiger partial charge in [-0.05, 0) is 42.7 Å². The maximum atomic E-state index is 12.2. The van der Waals surface area contributed by atoms with Gasteiger partial charge in [-0.25, -0.2) is 8.78 Å². The highest BCUT2D eigenvalue weighted by Crippen LogP contribution is 2.28. The largest absolute Gasteiger partial charge is 0.508 e. The van der Waals surface area contributed by atoms with E-state index in [0.717, 1.165) is 11.1 Å². The highest BCUT2D eigenvalue weighted by atomic mass is 19.3. The second kappa shape index (κ2) is 4.57. The molecule has 1 rings (SSSR count). The summed E-state index contributed by atoms with van der Waals surface area (Å²) in [6, 6.07) is 2.40. The van der Waals surface area contributed by atoms with Crippen molar-refractivity contribution in [1.29, 1.82) is 0 Å². The molecule has 84 valence electrons. The number of benzene rings is 1. The van der Waals surface area contributed by atoms with E-state index < -0.39 is 12.5 Å². The van der Waals surface area contributed by atoms with Crippen LogP contribution in [0.25, 0.3) is 0 Å². The first-order valence-electron chi connectivity index (χ1n) is 4.75. The monoisotopic (exact) mass is 215 g/mol. The van der Waals surface area contributed by atoms with E-state index in [0.29, 0.717) is 5.56 Å². The summed E-state index contributed by atoms with van der Waals surface area (Å²) >= 11 is 0. The molecular weight excluding hydrogens is 200 g/mol. The van der Waals surface area contributed by atoms with Gasteiger partial charge in [0.2, 0.25) is 6.43 Å². The SMILES string of the molecule is Cc1cc(O)cc(C)c1[C@H](N)CC(F)F. The molecular formula is C11H15F2NO. The molecule has 1 atom stereocenters. The van der Waals surface area contributed by atoms with Crippen molar-refractivity contribution in [1.82, 2.24) is 0 Å². The van der Waals surface area contributed by atoms with Gasteiger partial charge < -0.3 is 10.8 Å². The third-order valence-electron chi connectivity index (χ3n) is 2.38. The Balaban J connectivity index is 3.03. The second-order valence-corrected chi connectivity index (χ2v) is 3.73. The van der Waals surface area contributed by atoms with E-state index in [1.807, 2.05) is 0 Å². The zero-order valence-electron chi connectivity index (χ0n) is 8.80. The maximum absolute atomic E-state index is 12.2. The van der Waals surface area contributed by atoms with Crippen molar-refractivity contribution in [2.45, 2.75) is 32.7 Å². The van der Waals surface area contributed by atoms with Gasteiger partial charge in [-0.2, -0.15) is 0 Å². The molecule has 0 unspecified atom stereocenters. The zero-order chi connectivity index (χ0) is 11.6. The number of aryl methyl sites for hydroxylation is 2. The molecule has 15 heavy (non-hydrogen) atoms. The smallest absolute Gasteiger partial charge is 0.240 e. The summed E-state index contributed by atoms with van der Waals surface area (Å²) < 4.78 is 24.4. The van der Waals surface area contributed by atoms with Crippen LogP contribution in [0.2, 0.25) is 0 Å². The first kappa shape index (κ1) is 11.9. The predicted molar refractivity (Wildman–Crippen MR) is 55.1 cm³/mol. The van der Waals surface area contributed by atoms with Gasteiger partial charge >= 0.3 is 0 Å². The van der Waals surface area contributed by atoms with Gasteiger partial charge in [0.1, 0.15) is 5.75 Å². The van der Waals surface area contributed by atoms with Crippen LogP contribution in [0.15, 0.2) is 12.1 Å². The van der Waals surface area contributed by atoms with Crippen molar-refractivity contribution in [3.05, 3.63) is 28.8 Å². The molecule has 0 aromatic heterocycles. The quantitative estimate of drug-likeness (QED) is 0.814. The average Bonchev–Trinajstić information content (AvgIpc) is 1.99. The summed E-state index contributed by atoms with van der Waals surface area (Å²) in [4.78, 5) is 0. The molecule has 0 radical (unpaired) electrons. The Labute approximate surface area is 87.7 Å². The van der Waals surface area contributed by atoms with Crippen LogP contribution in [0.5, 0.6) is 5.75 Å². The average molecular weight is 215 g/mol. The number of halogens is 2. The van der Waals surface area contributed by atoms with Crippen molar-refractivity contribution in [3.8, 4) is 5.75 Å². The van der Waals surface area contributed by atoms with E-state index in [4.69, 9.17) is 5.73 Å². The normalized spacial score (nSPS) is 13.2. The van der Waals surface area contributed by atoms with Crippen LogP contribution in [-0.2, 0) is 0 Å². The summed E-state index contributed by atoms with van der Waals surface area (Å²) in [7, 11) is 0. The predicted octanol–water partition coefficient (Wildman–Crippen LogP) is 2.66. The molecule has 0 amide bonds. The number of phenolic OH excluding ortho intramolecular Hbond substituents is 1. The van der Waals surface area contributed by atoms with Gasteiger partial charge in [-0.1, -0.05) is 0 Å². The number of rotatable bonds is 3. The molecule has 0 aliphatic heterocycles. The van der Waals surface area contributed by atoms with E-state index >= 15 is 0 Å². The van der Waals surface area contributed by atoms with Gasteiger partial charge in [0, 0.05) is 12.5 Å². The van der Waals surface area contributed by atoms with Crippen molar-refractivity contribution >= 4 is 0 Å². The summed E-state index contributed by atoms with van der Waals surface area (Å²) in [5, 5.41) is 9.29. The number of aromatic hydroxyl groups is 1. The molecule has 3 N–H and O–H groups in total. The molecule has 2 nitrogen and oxygen atoms in total. The number of alkyl halides is 2. The van der Waals surface area contributed by atoms with Gasteiger partial charge in [0.15, 0.2) is 0 Å². The molecule has 1 aromatic carbocycles. The zero-order valence-corrected chi connectivity index (χ0v) is 8.80. The van der Waals surface area contributed by atoms with E-state index in [-0.39, 0.29) is 12.2 Å². The summed E-state index contributed by atoms with van der Waals surface area (Å²) in [5.41, 5.74) is 7.89. The van der Waals surface area contributed by atoms with Gasteiger partial charge in [0.05, 0.1) is 0 Å². The molecule has 4 heteroatoms. The fourth-order valence-electron chi connectivity index (χ4n) is 1.85. The van der Waals surface area contributed by atoms with Crippen LogP contribution in [-0.4, -0.2) is 11.5 Å². The van der Waals surface area contributed by atoms with Gasteiger partial charge in [-0.15, -0.1) is 0 Å². The molecule has 0 spiro atoms. The lowest BCUT2D eigenvalue weighted by molar-refractivity contribution is 0.128. The molecule has 0 aliphatic rings. The molecule has 1 aromatic rings. The maximum Gasteiger partial charge on any atom is 0.240 e. The lowest BCUT2D eigenvalue weighted by Crippen LogP contribution is -2.16. The van der Waals surface area contributed by atoms with E-state index in [9.17, 15) is 13.9 Å². The highest BCUT2D eigenvalue weighted by molar-refractivity contribution is 5.42. The Bertz CT molecular complexity index is 329. The van der Waals surface area contributed by atoms with Crippen molar-refractivity contribution in [2.24, 2.45) is 5.73 Å². The fraction of sp³-hybridized carbons (Fsp3) is 0.455. The summed E-state index contributed by atoms with van der Waals surface area (Å²) in [6.45, 7) is 3.51. The Morgan fingerprint density at radius 2 is 1.73 bits per heavy atom. The van der Waals surface area contributed by atoms with Crippen LogP contribution < -0.4 is 5.73 Å². The third-order valence-corrected chi connectivity index (χ3v) is 2.38. The van der Waals surface area contributed by atoms with E-state index in [1.54, 1.807) is 13.8 Å². The van der Waals surface area contributed by atoms with Crippen molar-refractivity contribution in [3.63, 3.8) is 0 Å². The molecule has 0 bridgehead atoms. The number of phenols is 1. The molecule has 0 heterocycles. The number of hydrogen-bond acceptors (Lipinski definition) is 2. The van der Waals surface area contributed by atoms with Crippen molar-refractivity contribution in [2.75, 3.05) is 0 Å². The Morgan fingerprint density at radius 3 is 2.13 bits per heavy atom. The first-order chi connectivity index (χ1) is 6.91. The molecule has 0 aliphatic carbocycles. The third kappa shape index (κ3) is 2.89. The first-order valence-corrected chi connectivity index (χ1v) is 4.75. The van der Waals surface area contributed by atoms with E-state index in [2.05, 4.69) is 0 Å². The Kier molecular flexibility index (Phi) is 3.63.